The van der Waals surface area contributed by atoms with Gasteiger partial charge in [-0.2, -0.15) is 0 Å². The van der Waals surface area contributed by atoms with E-state index in [1.807, 2.05) is 0 Å². The van der Waals surface area contributed by atoms with Gasteiger partial charge in [-0.3, -0.25) is 4.99 Å². The van der Waals surface area contributed by atoms with E-state index in [1.165, 1.54) is 18.5 Å². The molecule has 0 aliphatic carbocycles. The van der Waals surface area contributed by atoms with Crippen molar-refractivity contribution in [1.82, 2.24) is 15.5 Å². The molecule has 2 rings (SSSR count). The summed E-state index contributed by atoms with van der Waals surface area (Å²) in [5, 5.41) is 6.37. The molecule has 1 aromatic rings. The van der Waals surface area contributed by atoms with Gasteiger partial charge in [0.2, 0.25) is 0 Å². The molecule has 1 aliphatic heterocycles. The van der Waals surface area contributed by atoms with Crippen molar-refractivity contribution < 1.29 is 0 Å². The Morgan fingerprint density at radius 2 is 2.17 bits per heavy atom. The molecule has 0 saturated carbocycles. The van der Waals surface area contributed by atoms with E-state index >= 15 is 0 Å². The lowest BCUT2D eigenvalue weighted by molar-refractivity contribution is 0.329. The van der Waals surface area contributed by atoms with Crippen LogP contribution in [0.15, 0.2) is 35.3 Å². The molecule has 4 heteroatoms. The van der Waals surface area contributed by atoms with Gasteiger partial charge in [0.05, 0.1) is 6.54 Å². The second-order valence-corrected chi connectivity index (χ2v) is 5.97. The van der Waals surface area contributed by atoms with Gasteiger partial charge in [-0.15, -0.1) is 6.42 Å². The minimum atomic E-state index is 0.514. The smallest absolute Gasteiger partial charge is 0.192 e. The molecule has 23 heavy (non-hydrogen) atoms. The summed E-state index contributed by atoms with van der Waals surface area (Å²) >= 11 is 0. The Bertz CT molecular complexity index is 518. The van der Waals surface area contributed by atoms with Gasteiger partial charge in [0.1, 0.15) is 0 Å². The zero-order valence-corrected chi connectivity index (χ0v) is 14.1. The summed E-state index contributed by atoms with van der Waals surface area (Å²) < 4.78 is 0. The SMILES string of the molecule is C#CCNC(=NCC1CCN(CCc2ccccc2)C1)NCC. The van der Waals surface area contributed by atoms with Crippen LogP contribution < -0.4 is 10.6 Å². The number of likely N-dealkylation sites (tertiary alicyclic amines) is 1. The summed E-state index contributed by atoms with van der Waals surface area (Å²) in [6, 6.07) is 10.7. The van der Waals surface area contributed by atoms with E-state index in [0.717, 1.165) is 38.6 Å². The normalized spacial score (nSPS) is 18.6. The topological polar surface area (TPSA) is 39.7 Å². The van der Waals surface area contributed by atoms with Gasteiger partial charge in [-0.1, -0.05) is 36.3 Å². The highest BCUT2D eigenvalue weighted by atomic mass is 15.2. The molecule has 0 radical (unpaired) electrons. The summed E-state index contributed by atoms with van der Waals surface area (Å²) in [5.74, 6) is 4.06. The fourth-order valence-corrected chi connectivity index (χ4v) is 2.89. The van der Waals surface area contributed by atoms with Gasteiger partial charge in [-0.25, -0.2) is 0 Å². The number of nitrogens with zero attached hydrogens (tertiary/aromatic N) is 2. The van der Waals surface area contributed by atoms with Gasteiger partial charge >= 0.3 is 0 Å². The number of rotatable bonds is 7. The molecule has 1 atom stereocenters. The first-order chi connectivity index (χ1) is 11.3. The van der Waals surface area contributed by atoms with E-state index in [0.29, 0.717) is 12.5 Å². The largest absolute Gasteiger partial charge is 0.357 e. The fourth-order valence-electron chi connectivity index (χ4n) is 2.89. The number of aliphatic imine (C=N–C) groups is 1. The molecule has 1 unspecified atom stereocenters. The van der Waals surface area contributed by atoms with Crippen LogP contribution in [0.2, 0.25) is 0 Å². The third-order valence-corrected chi connectivity index (χ3v) is 4.14. The molecule has 0 aromatic heterocycles. The summed E-state index contributed by atoms with van der Waals surface area (Å²) in [5.41, 5.74) is 1.42. The van der Waals surface area contributed by atoms with Crippen LogP contribution in [0.3, 0.4) is 0 Å². The first-order valence-electron chi connectivity index (χ1n) is 8.53. The zero-order chi connectivity index (χ0) is 16.3. The Labute approximate surface area is 140 Å². The Morgan fingerprint density at radius 1 is 1.35 bits per heavy atom. The van der Waals surface area contributed by atoms with Gasteiger partial charge in [0.15, 0.2) is 5.96 Å². The summed E-state index contributed by atoms with van der Waals surface area (Å²) in [6.45, 7) is 7.76. The predicted octanol–water partition coefficient (Wildman–Crippen LogP) is 1.74. The minimum absolute atomic E-state index is 0.514. The van der Waals surface area contributed by atoms with Crippen LogP contribution in [0.4, 0.5) is 0 Å². The highest BCUT2D eigenvalue weighted by Gasteiger charge is 2.21. The zero-order valence-electron chi connectivity index (χ0n) is 14.1. The lowest BCUT2D eigenvalue weighted by Crippen LogP contribution is -2.37. The summed E-state index contributed by atoms with van der Waals surface area (Å²) in [7, 11) is 0. The van der Waals surface area contributed by atoms with Gasteiger partial charge in [-0.05, 0) is 37.8 Å². The van der Waals surface area contributed by atoms with Crippen LogP contribution in [0, 0.1) is 18.3 Å². The van der Waals surface area contributed by atoms with Gasteiger partial charge in [0, 0.05) is 26.2 Å². The first-order valence-corrected chi connectivity index (χ1v) is 8.53. The first kappa shape index (κ1) is 17.4. The van der Waals surface area contributed by atoms with E-state index in [-0.39, 0.29) is 0 Å². The summed E-state index contributed by atoms with van der Waals surface area (Å²) in [6.07, 6.45) is 7.65. The number of guanidine groups is 1. The third kappa shape index (κ3) is 6.33. The molecule has 4 nitrogen and oxygen atoms in total. The highest BCUT2D eigenvalue weighted by Crippen LogP contribution is 2.17. The van der Waals surface area contributed by atoms with E-state index in [1.54, 1.807) is 0 Å². The lowest BCUT2D eigenvalue weighted by atomic mass is 10.1. The van der Waals surface area contributed by atoms with Gasteiger partial charge < -0.3 is 15.5 Å². The van der Waals surface area contributed by atoms with E-state index in [4.69, 9.17) is 6.42 Å². The molecule has 1 fully saturated rings. The monoisotopic (exact) mass is 312 g/mol. The molecular formula is C19H28N4. The molecule has 2 N–H and O–H groups in total. The molecule has 1 aliphatic rings. The van der Waals surface area contributed by atoms with Crippen molar-refractivity contribution in [3.8, 4) is 12.3 Å². The molecule has 1 aromatic carbocycles. The quantitative estimate of drug-likeness (QED) is 0.458. The molecule has 0 spiro atoms. The molecule has 124 valence electrons. The summed E-state index contributed by atoms with van der Waals surface area (Å²) in [4.78, 5) is 7.21. The van der Waals surface area contributed by atoms with Crippen LogP contribution in [0.1, 0.15) is 18.9 Å². The third-order valence-electron chi connectivity index (χ3n) is 4.14. The number of terminal acetylenes is 1. The average Bonchev–Trinajstić information content (AvgIpc) is 3.04. The molecule has 1 heterocycles. The van der Waals surface area contributed by atoms with E-state index in [9.17, 15) is 0 Å². The molecule has 1 saturated heterocycles. The van der Waals surface area contributed by atoms with Crippen LogP contribution >= 0.6 is 0 Å². The van der Waals surface area contributed by atoms with Crippen molar-refractivity contribution in [1.29, 1.82) is 0 Å². The van der Waals surface area contributed by atoms with Crippen molar-refractivity contribution in [2.45, 2.75) is 19.8 Å². The number of hydrogen-bond donors (Lipinski definition) is 2. The van der Waals surface area contributed by atoms with Crippen LogP contribution in [-0.2, 0) is 6.42 Å². The van der Waals surface area contributed by atoms with E-state index < -0.39 is 0 Å². The Hall–Kier alpha value is -1.99. The van der Waals surface area contributed by atoms with Crippen molar-refractivity contribution >= 4 is 5.96 Å². The second kappa shape index (κ2) is 9.91. The van der Waals surface area contributed by atoms with E-state index in [2.05, 4.69) is 63.7 Å². The van der Waals surface area contributed by atoms with Crippen LogP contribution in [-0.4, -0.2) is 50.1 Å². The standard InChI is InChI=1S/C19H28N4/c1-3-12-21-19(20-4-2)22-15-18-11-14-23(16-18)13-10-17-8-6-5-7-9-17/h1,5-9,18H,4,10-16H2,2H3,(H2,20,21,22). The predicted molar refractivity (Wildman–Crippen MR) is 97.5 cm³/mol. The Morgan fingerprint density at radius 3 is 2.91 bits per heavy atom. The minimum Gasteiger partial charge on any atom is -0.357 e. The lowest BCUT2D eigenvalue weighted by Gasteiger charge is -2.15. The number of hydrogen-bond acceptors (Lipinski definition) is 2. The Balaban J connectivity index is 1.72. The van der Waals surface area contributed by atoms with Crippen LogP contribution in [0.25, 0.3) is 0 Å². The Kier molecular flexibility index (Phi) is 7.48. The maximum absolute atomic E-state index is 5.29. The highest BCUT2D eigenvalue weighted by molar-refractivity contribution is 5.79. The number of nitrogens with one attached hydrogen (secondary N) is 2. The van der Waals surface area contributed by atoms with Crippen molar-refractivity contribution in [2.24, 2.45) is 10.9 Å². The van der Waals surface area contributed by atoms with Crippen molar-refractivity contribution in [3.63, 3.8) is 0 Å². The molecule has 0 amide bonds. The average molecular weight is 312 g/mol. The maximum Gasteiger partial charge on any atom is 0.192 e. The van der Waals surface area contributed by atoms with Gasteiger partial charge in [0.25, 0.3) is 0 Å². The maximum atomic E-state index is 5.29. The van der Waals surface area contributed by atoms with Crippen molar-refractivity contribution in [3.05, 3.63) is 35.9 Å². The molecule has 0 bridgehead atoms. The fraction of sp³-hybridized carbons (Fsp3) is 0.526. The van der Waals surface area contributed by atoms with Crippen molar-refractivity contribution in [2.75, 3.05) is 39.3 Å². The number of benzene rings is 1. The second-order valence-electron chi connectivity index (χ2n) is 5.97. The molecular weight excluding hydrogens is 284 g/mol. The van der Waals surface area contributed by atoms with Crippen LogP contribution in [0.5, 0.6) is 0 Å².